The summed E-state index contributed by atoms with van der Waals surface area (Å²) in [6.07, 6.45) is -0.864. The van der Waals surface area contributed by atoms with Crippen LogP contribution in [-0.4, -0.2) is 45.0 Å². The standard InChI is InChI=1S/C18H20N2O6/c21-15(16(22)14-10-19-8-6-13(14)17(23)24)7-9-20-18(25)26-11-12-4-2-1-3-5-12/h1-6,8,10,15-16,21-22H,7,9,11H2,(H,20,25)(H,23,24). The Bertz CT molecular complexity index is 737. The van der Waals surface area contributed by atoms with E-state index in [1.54, 1.807) is 0 Å². The Kier molecular flexibility index (Phi) is 7.07. The monoisotopic (exact) mass is 360 g/mol. The second-order valence-electron chi connectivity index (χ2n) is 5.56. The summed E-state index contributed by atoms with van der Waals surface area (Å²) >= 11 is 0. The van der Waals surface area contributed by atoms with E-state index in [0.717, 1.165) is 5.56 Å². The lowest BCUT2D eigenvalue weighted by molar-refractivity contribution is 0.0125. The van der Waals surface area contributed by atoms with E-state index in [9.17, 15) is 19.8 Å². The number of aromatic carboxylic acids is 1. The van der Waals surface area contributed by atoms with E-state index in [2.05, 4.69) is 10.3 Å². The molecule has 0 fully saturated rings. The van der Waals surface area contributed by atoms with Crippen molar-refractivity contribution in [2.75, 3.05) is 6.54 Å². The average molecular weight is 360 g/mol. The van der Waals surface area contributed by atoms with Crippen LogP contribution in [0.2, 0.25) is 0 Å². The number of alkyl carbamates (subject to hydrolysis) is 1. The fourth-order valence-electron chi connectivity index (χ4n) is 2.30. The summed E-state index contributed by atoms with van der Waals surface area (Å²) in [5, 5.41) is 31.7. The molecule has 1 heterocycles. The molecular formula is C18H20N2O6. The Morgan fingerprint density at radius 2 is 1.88 bits per heavy atom. The van der Waals surface area contributed by atoms with Gasteiger partial charge in [-0.05, 0) is 18.1 Å². The van der Waals surface area contributed by atoms with E-state index in [1.807, 2.05) is 30.3 Å². The summed E-state index contributed by atoms with van der Waals surface area (Å²) in [6, 6.07) is 10.4. The van der Waals surface area contributed by atoms with E-state index >= 15 is 0 Å². The van der Waals surface area contributed by atoms with Crippen LogP contribution in [0.3, 0.4) is 0 Å². The highest BCUT2D eigenvalue weighted by Crippen LogP contribution is 2.21. The van der Waals surface area contributed by atoms with Crippen molar-refractivity contribution in [1.29, 1.82) is 0 Å². The minimum absolute atomic E-state index is 0.00948. The Morgan fingerprint density at radius 3 is 2.58 bits per heavy atom. The maximum Gasteiger partial charge on any atom is 0.407 e. The molecule has 1 aromatic heterocycles. The molecule has 0 aliphatic heterocycles. The number of amides is 1. The molecule has 0 bridgehead atoms. The smallest absolute Gasteiger partial charge is 0.407 e. The van der Waals surface area contributed by atoms with Crippen LogP contribution in [0.5, 0.6) is 0 Å². The topological polar surface area (TPSA) is 129 Å². The van der Waals surface area contributed by atoms with Crippen LogP contribution < -0.4 is 5.32 Å². The first-order valence-electron chi connectivity index (χ1n) is 7.97. The molecule has 26 heavy (non-hydrogen) atoms. The van der Waals surface area contributed by atoms with Gasteiger partial charge in [-0.25, -0.2) is 9.59 Å². The molecule has 8 nitrogen and oxygen atoms in total. The second kappa shape index (κ2) is 9.50. The van der Waals surface area contributed by atoms with Crippen LogP contribution in [0.1, 0.15) is 34.0 Å². The Morgan fingerprint density at radius 1 is 1.15 bits per heavy atom. The van der Waals surface area contributed by atoms with Crippen LogP contribution in [0.25, 0.3) is 0 Å². The number of benzene rings is 1. The lowest BCUT2D eigenvalue weighted by Crippen LogP contribution is -2.30. The number of nitrogens with one attached hydrogen (secondary N) is 1. The summed E-state index contributed by atoms with van der Waals surface area (Å²) in [5.74, 6) is -1.23. The Hall–Kier alpha value is -2.97. The van der Waals surface area contributed by atoms with Crippen LogP contribution in [0.4, 0.5) is 4.79 Å². The Labute approximate surface area is 150 Å². The van der Waals surface area contributed by atoms with Gasteiger partial charge in [0.25, 0.3) is 0 Å². The van der Waals surface area contributed by atoms with Gasteiger partial charge in [0.1, 0.15) is 12.7 Å². The molecule has 0 aliphatic carbocycles. The normalized spacial score (nSPS) is 12.8. The zero-order valence-electron chi connectivity index (χ0n) is 13.9. The van der Waals surface area contributed by atoms with Crippen molar-refractivity contribution >= 4 is 12.1 Å². The minimum atomic E-state index is -1.43. The van der Waals surface area contributed by atoms with Gasteiger partial charge in [0.05, 0.1) is 11.7 Å². The van der Waals surface area contributed by atoms with Crippen LogP contribution in [0.15, 0.2) is 48.8 Å². The van der Waals surface area contributed by atoms with E-state index < -0.39 is 24.3 Å². The number of aromatic nitrogens is 1. The fourth-order valence-corrected chi connectivity index (χ4v) is 2.30. The van der Waals surface area contributed by atoms with Crippen molar-refractivity contribution < 1.29 is 29.6 Å². The number of hydrogen-bond acceptors (Lipinski definition) is 6. The van der Waals surface area contributed by atoms with Crippen molar-refractivity contribution in [3.05, 3.63) is 65.5 Å². The molecule has 138 valence electrons. The van der Waals surface area contributed by atoms with Gasteiger partial charge in [0.15, 0.2) is 0 Å². The molecule has 2 rings (SSSR count). The predicted molar refractivity (Wildman–Crippen MR) is 91.4 cm³/mol. The molecule has 0 saturated heterocycles. The number of carbonyl (C=O) groups excluding carboxylic acids is 1. The number of carbonyl (C=O) groups is 2. The molecule has 0 aliphatic rings. The van der Waals surface area contributed by atoms with Gasteiger partial charge >= 0.3 is 12.1 Å². The van der Waals surface area contributed by atoms with E-state index in [0.29, 0.717) is 0 Å². The summed E-state index contributed by atoms with van der Waals surface area (Å²) in [4.78, 5) is 26.5. The van der Waals surface area contributed by atoms with Crippen molar-refractivity contribution in [2.45, 2.75) is 25.2 Å². The molecule has 8 heteroatoms. The quantitative estimate of drug-likeness (QED) is 0.561. The lowest BCUT2D eigenvalue weighted by Gasteiger charge is -2.19. The number of pyridine rings is 1. The van der Waals surface area contributed by atoms with Gasteiger partial charge in [0, 0.05) is 24.5 Å². The number of nitrogens with zero attached hydrogens (tertiary/aromatic N) is 1. The zero-order valence-corrected chi connectivity index (χ0v) is 13.9. The first-order chi connectivity index (χ1) is 12.5. The van der Waals surface area contributed by atoms with Crippen LogP contribution in [-0.2, 0) is 11.3 Å². The molecule has 1 aromatic carbocycles. The lowest BCUT2D eigenvalue weighted by atomic mass is 9.99. The molecule has 2 unspecified atom stereocenters. The van der Waals surface area contributed by atoms with Crippen LogP contribution in [0, 0.1) is 0 Å². The molecule has 2 aromatic rings. The maximum atomic E-state index is 11.6. The van der Waals surface area contributed by atoms with Crippen molar-refractivity contribution in [1.82, 2.24) is 10.3 Å². The van der Waals surface area contributed by atoms with Crippen molar-refractivity contribution in [3.8, 4) is 0 Å². The second-order valence-corrected chi connectivity index (χ2v) is 5.56. The summed E-state index contributed by atoms with van der Waals surface area (Å²) in [6.45, 7) is 0.171. The number of aliphatic hydroxyl groups excluding tert-OH is 2. The van der Waals surface area contributed by atoms with Gasteiger partial charge in [-0.1, -0.05) is 30.3 Å². The zero-order chi connectivity index (χ0) is 18.9. The maximum absolute atomic E-state index is 11.6. The third kappa shape index (κ3) is 5.54. The van der Waals surface area contributed by atoms with Gasteiger partial charge in [0.2, 0.25) is 0 Å². The number of carboxylic acid groups (broad SMARTS) is 1. The fraction of sp³-hybridized carbons (Fsp3) is 0.278. The third-order valence-electron chi connectivity index (χ3n) is 3.69. The van der Waals surface area contributed by atoms with E-state index in [4.69, 9.17) is 9.84 Å². The van der Waals surface area contributed by atoms with Gasteiger partial charge in [-0.2, -0.15) is 0 Å². The first kappa shape index (κ1) is 19.4. The Balaban J connectivity index is 1.78. The molecule has 0 saturated carbocycles. The van der Waals surface area contributed by atoms with Gasteiger partial charge in [-0.15, -0.1) is 0 Å². The minimum Gasteiger partial charge on any atom is -0.478 e. The predicted octanol–water partition coefficient (Wildman–Crippen LogP) is 1.49. The highest BCUT2D eigenvalue weighted by Gasteiger charge is 2.23. The summed E-state index contributed by atoms with van der Waals surface area (Å²) < 4.78 is 5.02. The molecule has 0 spiro atoms. The number of hydrogen-bond donors (Lipinski definition) is 4. The van der Waals surface area contributed by atoms with Crippen molar-refractivity contribution in [3.63, 3.8) is 0 Å². The number of aliphatic hydroxyl groups is 2. The number of carboxylic acids is 1. The van der Waals surface area contributed by atoms with E-state index in [-0.39, 0.29) is 30.7 Å². The number of ether oxygens (including phenoxy) is 1. The highest BCUT2D eigenvalue weighted by molar-refractivity contribution is 5.89. The summed E-state index contributed by atoms with van der Waals surface area (Å²) in [7, 11) is 0. The summed E-state index contributed by atoms with van der Waals surface area (Å²) in [5.41, 5.74) is 0.719. The van der Waals surface area contributed by atoms with Crippen molar-refractivity contribution in [2.24, 2.45) is 0 Å². The largest absolute Gasteiger partial charge is 0.478 e. The first-order valence-corrected chi connectivity index (χ1v) is 7.97. The molecule has 2 atom stereocenters. The van der Waals surface area contributed by atoms with Gasteiger partial charge < -0.3 is 25.4 Å². The molecular weight excluding hydrogens is 340 g/mol. The molecule has 4 N–H and O–H groups in total. The average Bonchev–Trinajstić information content (AvgIpc) is 2.66. The van der Waals surface area contributed by atoms with Crippen LogP contribution >= 0.6 is 0 Å². The molecule has 1 amide bonds. The highest BCUT2D eigenvalue weighted by atomic mass is 16.5. The number of rotatable bonds is 8. The third-order valence-corrected chi connectivity index (χ3v) is 3.69. The van der Waals surface area contributed by atoms with Gasteiger partial charge in [-0.3, -0.25) is 4.98 Å². The SMILES string of the molecule is O=C(NCCC(O)C(O)c1cnccc1C(=O)O)OCc1ccccc1. The van der Waals surface area contributed by atoms with E-state index in [1.165, 1.54) is 18.5 Å². The molecule has 0 radical (unpaired) electrons.